The molecule has 0 unspecified atom stereocenters. The molecule has 0 aromatic heterocycles. The summed E-state index contributed by atoms with van der Waals surface area (Å²) in [5.41, 5.74) is 0. The largest absolute Gasteiger partial charge is 0.434 e. The number of alkyl halides is 1. The van der Waals surface area contributed by atoms with E-state index in [0.29, 0.717) is 0 Å². The Hall–Kier alpha value is -0.760. The molecule has 0 radical (unpaired) electrons. The lowest BCUT2D eigenvalue weighted by Gasteiger charge is -1.89. The monoisotopic (exact) mass is 174 g/mol. The number of halogens is 1. The molecular weight excluding hydrogens is 164 g/mol. The quantitative estimate of drug-likeness (QED) is 0.283. The van der Waals surface area contributed by atoms with Crippen molar-refractivity contribution in [2.24, 2.45) is 0 Å². The fraction of sp³-hybridized carbons (Fsp3) is 0.375. The van der Waals surface area contributed by atoms with Gasteiger partial charge in [-0.2, -0.15) is 0 Å². The Morgan fingerprint density at radius 1 is 1.55 bits per heavy atom. The van der Waals surface area contributed by atoms with Crippen LogP contribution in [0.3, 0.4) is 0 Å². The Bertz CT molecular complexity index is 161. The van der Waals surface area contributed by atoms with Gasteiger partial charge in [-0.3, -0.25) is 4.79 Å². The molecule has 0 saturated carbocycles. The first kappa shape index (κ1) is 10.2. The van der Waals surface area contributed by atoms with Crippen molar-refractivity contribution in [2.45, 2.75) is 13.3 Å². The van der Waals surface area contributed by atoms with Crippen LogP contribution in [-0.4, -0.2) is 11.8 Å². The molecular formula is C8H11ClO2. The van der Waals surface area contributed by atoms with Crippen molar-refractivity contribution < 1.29 is 9.53 Å². The van der Waals surface area contributed by atoms with E-state index in [-0.39, 0.29) is 5.88 Å². The minimum absolute atomic E-state index is 0.109. The molecule has 0 N–H and O–H groups in total. The van der Waals surface area contributed by atoms with Crippen molar-refractivity contribution in [1.82, 2.24) is 0 Å². The second-order valence-corrected chi connectivity index (χ2v) is 2.06. The number of rotatable bonds is 4. The molecule has 62 valence electrons. The van der Waals surface area contributed by atoms with Crippen molar-refractivity contribution in [2.75, 3.05) is 5.88 Å². The molecule has 0 spiro atoms. The molecule has 0 aromatic rings. The van der Waals surface area contributed by atoms with E-state index in [1.54, 1.807) is 6.08 Å². The summed E-state index contributed by atoms with van der Waals surface area (Å²) in [6.45, 7) is 2.02. The molecule has 0 fully saturated rings. The highest BCUT2D eigenvalue weighted by molar-refractivity contribution is 6.26. The first-order valence-corrected chi connectivity index (χ1v) is 3.91. The molecule has 0 saturated heterocycles. The maximum absolute atomic E-state index is 10.4. The van der Waals surface area contributed by atoms with Gasteiger partial charge in [0.1, 0.15) is 5.88 Å². The molecule has 0 atom stereocenters. The maximum Gasteiger partial charge on any atom is 0.325 e. The van der Waals surface area contributed by atoms with Crippen LogP contribution in [0.25, 0.3) is 0 Å². The highest BCUT2D eigenvalue weighted by Gasteiger charge is 1.92. The predicted molar refractivity (Wildman–Crippen MR) is 45.4 cm³/mol. The summed E-state index contributed by atoms with van der Waals surface area (Å²) in [4.78, 5) is 10.4. The van der Waals surface area contributed by atoms with Crippen molar-refractivity contribution in [3.63, 3.8) is 0 Å². The summed E-state index contributed by atoms with van der Waals surface area (Å²) in [7, 11) is 0. The zero-order chi connectivity index (χ0) is 8.53. The van der Waals surface area contributed by atoms with E-state index in [1.807, 2.05) is 19.1 Å². The highest BCUT2D eigenvalue weighted by Crippen LogP contribution is 1.86. The van der Waals surface area contributed by atoms with Crippen LogP contribution in [0.1, 0.15) is 13.3 Å². The van der Waals surface area contributed by atoms with E-state index in [1.165, 1.54) is 6.26 Å². The van der Waals surface area contributed by atoms with Crippen LogP contribution in [-0.2, 0) is 9.53 Å². The highest BCUT2D eigenvalue weighted by atomic mass is 35.5. The topological polar surface area (TPSA) is 26.3 Å². The normalized spacial score (nSPS) is 11.1. The number of ether oxygens (including phenoxy) is 1. The van der Waals surface area contributed by atoms with Gasteiger partial charge in [0.25, 0.3) is 0 Å². The van der Waals surface area contributed by atoms with Crippen LogP contribution in [0.5, 0.6) is 0 Å². The van der Waals surface area contributed by atoms with Crippen molar-refractivity contribution in [3.05, 3.63) is 24.5 Å². The van der Waals surface area contributed by atoms with Crippen LogP contribution in [0, 0.1) is 0 Å². The number of hydrogen-bond acceptors (Lipinski definition) is 2. The summed E-state index contributed by atoms with van der Waals surface area (Å²) >= 11 is 5.17. The Kier molecular flexibility index (Phi) is 6.84. The average Bonchev–Trinajstić information content (AvgIpc) is 2.04. The molecule has 0 rings (SSSR count). The molecule has 0 aliphatic carbocycles. The molecule has 2 nitrogen and oxygen atoms in total. The third-order valence-electron chi connectivity index (χ3n) is 0.870. The number of hydrogen-bond donors (Lipinski definition) is 0. The lowest BCUT2D eigenvalue weighted by Crippen LogP contribution is -1.99. The van der Waals surface area contributed by atoms with E-state index in [4.69, 9.17) is 11.6 Å². The summed E-state index contributed by atoms with van der Waals surface area (Å²) in [6.07, 6.45) is 7.69. The first-order valence-electron chi connectivity index (χ1n) is 3.38. The molecule has 11 heavy (non-hydrogen) atoms. The van der Waals surface area contributed by atoms with Crippen molar-refractivity contribution >= 4 is 17.6 Å². The lowest BCUT2D eigenvalue weighted by atomic mass is 10.4. The average molecular weight is 175 g/mol. The molecule has 3 heteroatoms. The standard InChI is InChI=1S/C8H11ClO2/c1-2-3-4-5-6-11-8(10)7-9/h3-6H,2,7H2,1H3/b4-3+,6-5+. The van der Waals surface area contributed by atoms with Crippen molar-refractivity contribution in [3.8, 4) is 0 Å². The first-order chi connectivity index (χ1) is 5.31. The third-order valence-corrected chi connectivity index (χ3v) is 1.09. The van der Waals surface area contributed by atoms with Gasteiger partial charge in [0, 0.05) is 0 Å². The van der Waals surface area contributed by atoms with Crippen LogP contribution in [0.4, 0.5) is 0 Å². The molecule has 0 aliphatic rings. The number of carbonyl (C=O) groups excluding carboxylic acids is 1. The fourth-order valence-corrected chi connectivity index (χ4v) is 0.470. The Labute approximate surface area is 71.5 Å². The van der Waals surface area contributed by atoms with Crippen LogP contribution >= 0.6 is 11.6 Å². The predicted octanol–water partition coefficient (Wildman–Crippen LogP) is 2.25. The van der Waals surface area contributed by atoms with Gasteiger partial charge >= 0.3 is 5.97 Å². The van der Waals surface area contributed by atoms with E-state index in [9.17, 15) is 4.79 Å². The third kappa shape index (κ3) is 7.13. The SMILES string of the molecule is CC/C=C/C=C/OC(=O)CCl. The smallest absolute Gasteiger partial charge is 0.325 e. The fourth-order valence-electron chi connectivity index (χ4n) is 0.407. The summed E-state index contributed by atoms with van der Waals surface area (Å²) in [6, 6.07) is 0. The van der Waals surface area contributed by atoms with Gasteiger partial charge in [-0.1, -0.05) is 19.1 Å². The van der Waals surface area contributed by atoms with E-state index in [2.05, 4.69) is 4.74 Å². The molecule has 0 aliphatic heterocycles. The number of allylic oxidation sites excluding steroid dienone is 3. The van der Waals surface area contributed by atoms with Crippen LogP contribution < -0.4 is 0 Å². The number of esters is 1. The van der Waals surface area contributed by atoms with Gasteiger partial charge in [-0.25, -0.2) is 0 Å². The minimum atomic E-state index is -0.437. The van der Waals surface area contributed by atoms with Crippen molar-refractivity contribution in [1.29, 1.82) is 0 Å². The molecule has 0 amide bonds. The van der Waals surface area contributed by atoms with Gasteiger partial charge < -0.3 is 4.74 Å². The van der Waals surface area contributed by atoms with Crippen LogP contribution in [0.15, 0.2) is 24.5 Å². The molecule has 0 bridgehead atoms. The zero-order valence-electron chi connectivity index (χ0n) is 6.42. The van der Waals surface area contributed by atoms with E-state index >= 15 is 0 Å². The Morgan fingerprint density at radius 2 is 2.27 bits per heavy atom. The van der Waals surface area contributed by atoms with Crippen LogP contribution in [0.2, 0.25) is 0 Å². The lowest BCUT2D eigenvalue weighted by molar-refractivity contribution is -0.135. The van der Waals surface area contributed by atoms with Gasteiger partial charge in [0.15, 0.2) is 0 Å². The summed E-state index contributed by atoms with van der Waals surface area (Å²) in [5.74, 6) is -0.547. The zero-order valence-corrected chi connectivity index (χ0v) is 7.17. The second-order valence-electron chi connectivity index (χ2n) is 1.79. The van der Waals surface area contributed by atoms with Gasteiger partial charge in [0.05, 0.1) is 6.26 Å². The van der Waals surface area contributed by atoms with Gasteiger partial charge in [0.2, 0.25) is 0 Å². The number of carbonyl (C=O) groups is 1. The van der Waals surface area contributed by atoms with Gasteiger partial charge in [-0.15, -0.1) is 11.6 Å². The minimum Gasteiger partial charge on any atom is -0.434 e. The van der Waals surface area contributed by atoms with E-state index in [0.717, 1.165) is 6.42 Å². The van der Waals surface area contributed by atoms with Gasteiger partial charge in [-0.05, 0) is 12.5 Å². The molecule has 0 aromatic carbocycles. The second kappa shape index (κ2) is 7.35. The maximum atomic E-state index is 10.4. The summed E-state index contributed by atoms with van der Waals surface area (Å²) in [5, 5.41) is 0. The Balaban J connectivity index is 3.44. The summed E-state index contributed by atoms with van der Waals surface area (Å²) < 4.78 is 4.54. The van der Waals surface area contributed by atoms with E-state index < -0.39 is 5.97 Å². The Morgan fingerprint density at radius 3 is 2.82 bits per heavy atom. The molecule has 0 heterocycles.